The maximum atomic E-state index is 11.4. The van der Waals surface area contributed by atoms with Crippen LogP contribution >= 0.6 is 0 Å². The van der Waals surface area contributed by atoms with Gasteiger partial charge in [-0.1, -0.05) is 12.1 Å². The summed E-state index contributed by atoms with van der Waals surface area (Å²) in [5.41, 5.74) is 1.89. The van der Waals surface area contributed by atoms with Gasteiger partial charge in [0.05, 0.1) is 10.9 Å². The molecule has 0 radical (unpaired) electrons. The van der Waals surface area contributed by atoms with Gasteiger partial charge in [0.15, 0.2) is 9.84 Å². The van der Waals surface area contributed by atoms with Crippen molar-refractivity contribution < 1.29 is 8.42 Å². The van der Waals surface area contributed by atoms with Gasteiger partial charge >= 0.3 is 0 Å². The Morgan fingerprint density at radius 1 is 1.05 bits per heavy atom. The Bertz CT molecular complexity index is 639. The Kier molecular flexibility index (Phi) is 3.92. The largest absolute Gasteiger partial charge is 0.309 e. The molecule has 1 heterocycles. The number of benzene rings is 1. The molecular formula is C13H15N3O2S. The zero-order valence-corrected chi connectivity index (χ0v) is 11.6. The molecule has 0 bridgehead atoms. The van der Waals surface area contributed by atoms with Gasteiger partial charge in [-0.25, -0.2) is 18.4 Å². The van der Waals surface area contributed by atoms with Crippen LogP contribution in [0.4, 0.5) is 0 Å². The summed E-state index contributed by atoms with van der Waals surface area (Å²) in [6, 6.07) is 6.75. The molecule has 0 spiro atoms. The third kappa shape index (κ3) is 3.15. The molecule has 1 atom stereocenters. The van der Waals surface area contributed by atoms with Gasteiger partial charge in [0.1, 0.15) is 6.33 Å². The minimum absolute atomic E-state index is 0.0604. The molecule has 0 aliphatic carbocycles. The van der Waals surface area contributed by atoms with E-state index in [4.69, 9.17) is 0 Å². The second-order valence-electron chi connectivity index (χ2n) is 4.23. The highest BCUT2D eigenvalue weighted by atomic mass is 32.2. The highest BCUT2D eigenvalue weighted by Gasteiger charge is 2.13. The lowest BCUT2D eigenvalue weighted by Gasteiger charge is -2.16. The Morgan fingerprint density at radius 3 is 2.11 bits per heavy atom. The SMILES string of the molecule is CNC(c1ccc(S(C)(=O)=O)cc1)c1cncnc1. The van der Waals surface area contributed by atoms with E-state index in [1.807, 2.05) is 7.05 Å². The first-order valence-corrected chi connectivity index (χ1v) is 7.63. The molecule has 19 heavy (non-hydrogen) atoms. The van der Waals surface area contributed by atoms with E-state index in [2.05, 4.69) is 15.3 Å². The standard InChI is InChI=1S/C13H15N3O2S/c1-14-13(11-7-15-9-16-8-11)10-3-5-12(6-4-10)19(2,17)18/h3-9,13-14H,1-2H3. The van der Waals surface area contributed by atoms with Gasteiger partial charge in [0.2, 0.25) is 0 Å². The topological polar surface area (TPSA) is 72.0 Å². The molecule has 5 nitrogen and oxygen atoms in total. The molecule has 6 heteroatoms. The van der Waals surface area contributed by atoms with Crippen LogP contribution < -0.4 is 5.32 Å². The molecule has 100 valence electrons. The number of sulfone groups is 1. The van der Waals surface area contributed by atoms with Crippen LogP contribution in [0.3, 0.4) is 0 Å². The second-order valence-corrected chi connectivity index (χ2v) is 6.25. The second kappa shape index (κ2) is 5.46. The minimum atomic E-state index is -3.16. The Morgan fingerprint density at radius 2 is 1.63 bits per heavy atom. The highest BCUT2D eigenvalue weighted by molar-refractivity contribution is 7.90. The maximum absolute atomic E-state index is 11.4. The predicted octanol–water partition coefficient (Wildman–Crippen LogP) is 1.19. The van der Waals surface area contributed by atoms with E-state index in [0.29, 0.717) is 4.90 Å². The van der Waals surface area contributed by atoms with Gasteiger partial charge < -0.3 is 5.32 Å². The molecule has 1 N–H and O–H groups in total. The molecule has 0 saturated carbocycles. The molecule has 2 rings (SSSR count). The molecule has 0 aliphatic heterocycles. The number of aromatic nitrogens is 2. The van der Waals surface area contributed by atoms with E-state index >= 15 is 0 Å². The van der Waals surface area contributed by atoms with Crippen LogP contribution in [-0.2, 0) is 9.84 Å². The van der Waals surface area contributed by atoms with Crippen LogP contribution in [-0.4, -0.2) is 31.7 Å². The van der Waals surface area contributed by atoms with Crippen LogP contribution in [0.25, 0.3) is 0 Å². The number of nitrogens with zero attached hydrogens (tertiary/aromatic N) is 2. The van der Waals surface area contributed by atoms with E-state index in [0.717, 1.165) is 11.1 Å². The number of nitrogens with one attached hydrogen (secondary N) is 1. The Balaban J connectivity index is 2.35. The summed E-state index contributed by atoms with van der Waals surface area (Å²) in [4.78, 5) is 8.29. The quantitative estimate of drug-likeness (QED) is 0.909. The normalized spacial score (nSPS) is 13.2. The fraction of sp³-hybridized carbons (Fsp3) is 0.231. The zero-order chi connectivity index (χ0) is 13.9. The van der Waals surface area contributed by atoms with Crippen molar-refractivity contribution in [1.82, 2.24) is 15.3 Å². The van der Waals surface area contributed by atoms with Crippen LogP contribution in [0.15, 0.2) is 47.9 Å². The summed E-state index contributed by atoms with van der Waals surface area (Å²) in [5, 5.41) is 3.16. The van der Waals surface area contributed by atoms with E-state index in [-0.39, 0.29) is 6.04 Å². The molecule has 0 saturated heterocycles. The Hall–Kier alpha value is -1.79. The van der Waals surface area contributed by atoms with Crippen molar-refractivity contribution in [2.45, 2.75) is 10.9 Å². The molecule has 1 unspecified atom stereocenters. The van der Waals surface area contributed by atoms with Gasteiger partial charge in [-0.05, 0) is 24.7 Å². The van der Waals surface area contributed by atoms with Crippen molar-refractivity contribution in [1.29, 1.82) is 0 Å². The van der Waals surface area contributed by atoms with Gasteiger partial charge in [0.25, 0.3) is 0 Å². The summed E-state index contributed by atoms with van der Waals surface area (Å²) < 4.78 is 22.8. The zero-order valence-electron chi connectivity index (χ0n) is 10.7. The molecule has 1 aromatic carbocycles. The predicted molar refractivity (Wildman–Crippen MR) is 72.5 cm³/mol. The van der Waals surface area contributed by atoms with Gasteiger partial charge in [0, 0.05) is 24.2 Å². The van der Waals surface area contributed by atoms with Crippen molar-refractivity contribution in [3.05, 3.63) is 54.1 Å². The molecule has 2 aromatic rings. The van der Waals surface area contributed by atoms with Gasteiger partial charge in [-0.2, -0.15) is 0 Å². The third-order valence-corrected chi connectivity index (χ3v) is 3.97. The first kappa shape index (κ1) is 13.6. The first-order chi connectivity index (χ1) is 9.02. The summed E-state index contributed by atoms with van der Waals surface area (Å²) in [6.45, 7) is 0. The average molecular weight is 277 g/mol. The van der Waals surface area contributed by atoms with Crippen molar-refractivity contribution in [3.63, 3.8) is 0 Å². The number of hydrogen-bond donors (Lipinski definition) is 1. The molecule has 1 aromatic heterocycles. The summed E-state index contributed by atoms with van der Waals surface area (Å²) >= 11 is 0. The maximum Gasteiger partial charge on any atom is 0.175 e. The summed E-state index contributed by atoms with van der Waals surface area (Å²) in [7, 11) is -1.33. The smallest absolute Gasteiger partial charge is 0.175 e. The minimum Gasteiger partial charge on any atom is -0.309 e. The summed E-state index contributed by atoms with van der Waals surface area (Å²) in [5.74, 6) is 0. The molecule has 0 fully saturated rings. The van der Waals surface area contributed by atoms with Crippen molar-refractivity contribution in [2.24, 2.45) is 0 Å². The molecule has 0 aliphatic rings. The lowest BCUT2D eigenvalue weighted by Crippen LogP contribution is -2.18. The highest BCUT2D eigenvalue weighted by Crippen LogP contribution is 2.21. The molecule has 0 amide bonds. The van der Waals surface area contributed by atoms with Gasteiger partial charge in [-0.15, -0.1) is 0 Å². The third-order valence-electron chi connectivity index (χ3n) is 2.84. The van der Waals surface area contributed by atoms with E-state index in [9.17, 15) is 8.42 Å². The molecular weight excluding hydrogens is 262 g/mol. The van der Waals surface area contributed by atoms with Gasteiger partial charge in [-0.3, -0.25) is 0 Å². The monoisotopic (exact) mass is 277 g/mol. The van der Waals surface area contributed by atoms with E-state index < -0.39 is 9.84 Å². The number of rotatable bonds is 4. The van der Waals surface area contributed by atoms with Crippen LogP contribution in [0.1, 0.15) is 17.2 Å². The fourth-order valence-corrected chi connectivity index (χ4v) is 2.52. The fourth-order valence-electron chi connectivity index (χ4n) is 1.89. The van der Waals surface area contributed by atoms with Crippen molar-refractivity contribution in [2.75, 3.05) is 13.3 Å². The van der Waals surface area contributed by atoms with Crippen LogP contribution in [0, 0.1) is 0 Å². The van der Waals surface area contributed by atoms with E-state index in [1.54, 1.807) is 36.7 Å². The van der Waals surface area contributed by atoms with Crippen LogP contribution in [0.2, 0.25) is 0 Å². The summed E-state index contributed by atoms with van der Waals surface area (Å²) in [6.07, 6.45) is 6.14. The van der Waals surface area contributed by atoms with E-state index in [1.165, 1.54) is 12.6 Å². The van der Waals surface area contributed by atoms with Crippen LogP contribution in [0.5, 0.6) is 0 Å². The Labute approximate surface area is 112 Å². The average Bonchev–Trinajstić information content (AvgIpc) is 2.40. The van der Waals surface area contributed by atoms with Crippen molar-refractivity contribution >= 4 is 9.84 Å². The number of hydrogen-bond acceptors (Lipinski definition) is 5. The lowest BCUT2D eigenvalue weighted by atomic mass is 10.0. The van der Waals surface area contributed by atoms with Crippen molar-refractivity contribution in [3.8, 4) is 0 Å². The first-order valence-electron chi connectivity index (χ1n) is 5.74. The lowest BCUT2D eigenvalue weighted by molar-refractivity contribution is 0.601.